The Labute approximate surface area is 124 Å². The van der Waals surface area contributed by atoms with Crippen molar-refractivity contribution in [3.8, 4) is 5.75 Å². The fraction of sp³-hybridized carbons (Fsp3) is 0.625. The Kier molecular flexibility index (Phi) is 3.93. The molecule has 2 aliphatic rings. The van der Waals surface area contributed by atoms with Crippen molar-refractivity contribution in [2.45, 2.75) is 50.2 Å². The van der Waals surface area contributed by atoms with Gasteiger partial charge in [-0.15, -0.1) is 0 Å². The van der Waals surface area contributed by atoms with Gasteiger partial charge in [-0.2, -0.15) is 0 Å². The molecule has 1 aromatic carbocycles. The molecule has 0 saturated heterocycles. The summed E-state index contributed by atoms with van der Waals surface area (Å²) in [6, 6.07) is 3.87. The number of methoxy groups -OCH3 is 1. The van der Waals surface area contributed by atoms with Gasteiger partial charge in [0.1, 0.15) is 5.75 Å². The fourth-order valence-electron chi connectivity index (χ4n) is 3.54. The van der Waals surface area contributed by atoms with Crippen molar-refractivity contribution in [2.75, 3.05) is 13.7 Å². The largest absolute Gasteiger partial charge is 0.493 e. The van der Waals surface area contributed by atoms with Crippen LogP contribution in [-0.2, 0) is 17.6 Å². The van der Waals surface area contributed by atoms with Crippen molar-refractivity contribution < 1.29 is 14.6 Å². The van der Waals surface area contributed by atoms with Crippen LogP contribution in [0, 0.1) is 0 Å². The molecule has 1 fully saturated rings. The minimum absolute atomic E-state index is 0.395. The molecule has 1 heterocycles. The second-order valence-electron chi connectivity index (χ2n) is 5.85. The summed E-state index contributed by atoms with van der Waals surface area (Å²) in [6.45, 7) is 0.703. The van der Waals surface area contributed by atoms with Crippen molar-refractivity contribution in [1.82, 2.24) is 0 Å². The Balaban J connectivity index is 1.84. The highest BCUT2D eigenvalue weighted by atomic mass is 35.5. The summed E-state index contributed by atoms with van der Waals surface area (Å²) in [4.78, 5) is 0. The van der Waals surface area contributed by atoms with Gasteiger partial charge in [-0.3, -0.25) is 0 Å². The van der Waals surface area contributed by atoms with E-state index in [9.17, 15) is 5.11 Å². The van der Waals surface area contributed by atoms with Gasteiger partial charge < -0.3 is 14.6 Å². The first-order valence-electron chi connectivity index (χ1n) is 7.32. The third-order valence-corrected chi connectivity index (χ3v) is 4.92. The summed E-state index contributed by atoms with van der Waals surface area (Å²) in [5, 5.41) is 11.4. The van der Waals surface area contributed by atoms with E-state index in [0.29, 0.717) is 18.1 Å². The van der Waals surface area contributed by atoms with Crippen LogP contribution in [0.25, 0.3) is 0 Å². The number of benzene rings is 1. The van der Waals surface area contributed by atoms with E-state index < -0.39 is 11.7 Å². The van der Waals surface area contributed by atoms with Gasteiger partial charge in [0.2, 0.25) is 0 Å². The molecule has 110 valence electrons. The number of aliphatic hydroxyl groups is 1. The van der Waals surface area contributed by atoms with E-state index in [-0.39, 0.29) is 0 Å². The maximum Gasteiger partial charge on any atom is 0.126 e. The average molecular weight is 297 g/mol. The highest BCUT2D eigenvalue weighted by Gasteiger charge is 2.41. The predicted octanol–water partition coefficient (Wildman–Crippen LogP) is 3.14. The minimum Gasteiger partial charge on any atom is -0.493 e. The van der Waals surface area contributed by atoms with Crippen molar-refractivity contribution in [3.05, 3.63) is 28.3 Å². The molecule has 1 N–H and O–H groups in total. The Morgan fingerprint density at radius 3 is 2.85 bits per heavy atom. The number of aliphatic hydroxyl groups excluding tert-OH is 1. The Bertz CT molecular complexity index is 495. The topological polar surface area (TPSA) is 38.7 Å². The van der Waals surface area contributed by atoms with Gasteiger partial charge in [0.15, 0.2) is 0 Å². The van der Waals surface area contributed by atoms with Crippen LogP contribution >= 0.6 is 11.6 Å². The number of rotatable bonds is 4. The van der Waals surface area contributed by atoms with Gasteiger partial charge in [-0.25, -0.2) is 0 Å². The molecule has 1 aromatic rings. The molecule has 1 aliphatic carbocycles. The van der Waals surface area contributed by atoms with Crippen LogP contribution in [-0.4, -0.2) is 30.5 Å². The number of ether oxygens (including phenoxy) is 2. The molecular formula is C16H21ClO3. The molecule has 0 aromatic heterocycles. The first-order valence-corrected chi connectivity index (χ1v) is 7.70. The van der Waals surface area contributed by atoms with Gasteiger partial charge >= 0.3 is 0 Å². The molecule has 0 amide bonds. The fourth-order valence-corrected chi connectivity index (χ4v) is 3.80. The summed E-state index contributed by atoms with van der Waals surface area (Å²) >= 11 is 6.17. The first kappa shape index (κ1) is 14.2. The maximum absolute atomic E-state index is 10.7. The molecule has 1 aliphatic heterocycles. The second kappa shape index (κ2) is 5.55. The lowest BCUT2D eigenvalue weighted by molar-refractivity contribution is -0.0972. The van der Waals surface area contributed by atoms with E-state index >= 15 is 0 Å². The van der Waals surface area contributed by atoms with Crippen LogP contribution in [0.5, 0.6) is 5.75 Å². The number of halogens is 1. The predicted molar refractivity (Wildman–Crippen MR) is 78.6 cm³/mol. The molecule has 3 rings (SSSR count). The van der Waals surface area contributed by atoms with Gasteiger partial charge in [0, 0.05) is 25.0 Å². The van der Waals surface area contributed by atoms with Crippen LogP contribution in [0.4, 0.5) is 0 Å². The lowest BCUT2D eigenvalue weighted by Crippen LogP contribution is -2.42. The monoisotopic (exact) mass is 296 g/mol. The van der Waals surface area contributed by atoms with Crippen molar-refractivity contribution in [1.29, 1.82) is 0 Å². The van der Waals surface area contributed by atoms with E-state index in [1.165, 1.54) is 0 Å². The molecule has 4 heteroatoms. The van der Waals surface area contributed by atoms with Crippen LogP contribution in [0.15, 0.2) is 12.1 Å². The van der Waals surface area contributed by atoms with Crippen LogP contribution in [0.2, 0.25) is 5.02 Å². The quantitative estimate of drug-likeness (QED) is 0.928. The normalized spacial score (nSPS) is 21.6. The molecule has 0 bridgehead atoms. The molecule has 3 nitrogen and oxygen atoms in total. The van der Waals surface area contributed by atoms with Gasteiger partial charge in [-0.05, 0) is 36.1 Å². The van der Waals surface area contributed by atoms with Gasteiger partial charge in [-0.1, -0.05) is 24.4 Å². The van der Waals surface area contributed by atoms with E-state index in [4.69, 9.17) is 21.1 Å². The van der Waals surface area contributed by atoms with Crippen molar-refractivity contribution in [2.24, 2.45) is 0 Å². The molecule has 1 saturated carbocycles. The standard InChI is InChI=1S/C16H21ClO3/c1-19-16(5-2-3-6-16)14(18)10-12-9-13(17)8-11-4-7-20-15(11)12/h8-9,14,18H,2-7,10H2,1H3. The molecule has 0 spiro atoms. The zero-order valence-corrected chi connectivity index (χ0v) is 12.6. The molecular weight excluding hydrogens is 276 g/mol. The maximum atomic E-state index is 10.7. The van der Waals surface area contributed by atoms with Crippen molar-refractivity contribution >= 4 is 11.6 Å². The van der Waals surface area contributed by atoms with Gasteiger partial charge in [0.25, 0.3) is 0 Å². The minimum atomic E-state index is -0.512. The number of fused-ring (bicyclic) bond motifs is 1. The van der Waals surface area contributed by atoms with Crippen LogP contribution < -0.4 is 4.74 Å². The van der Waals surface area contributed by atoms with E-state index in [2.05, 4.69) is 0 Å². The zero-order valence-electron chi connectivity index (χ0n) is 11.8. The average Bonchev–Trinajstić information content (AvgIpc) is 3.07. The Morgan fingerprint density at radius 1 is 1.40 bits per heavy atom. The summed E-state index contributed by atoms with van der Waals surface area (Å²) in [5.74, 6) is 0.915. The summed E-state index contributed by atoms with van der Waals surface area (Å²) < 4.78 is 11.4. The third kappa shape index (κ3) is 2.43. The summed E-state index contributed by atoms with van der Waals surface area (Å²) in [5.41, 5.74) is 1.76. The second-order valence-corrected chi connectivity index (χ2v) is 6.28. The first-order chi connectivity index (χ1) is 9.64. The van der Waals surface area contributed by atoms with Gasteiger partial charge in [0.05, 0.1) is 18.3 Å². The molecule has 1 atom stereocenters. The third-order valence-electron chi connectivity index (χ3n) is 4.70. The van der Waals surface area contributed by atoms with Crippen molar-refractivity contribution in [3.63, 3.8) is 0 Å². The Hall–Kier alpha value is -0.770. The highest BCUT2D eigenvalue weighted by molar-refractivity contribution is 6.30. The molecule has 0 radical (unpaired) electrons. The SMILES string of the molecule is COC1(C(O)Cc2cc(Cl)cc3c2OCC3)CCCC1. The lowest BCUT2D eigenvalue weighted by Gasteiger charge is -2.33. The molecule has 1 unspecified atom stereocenters. The van der Waals surface area contributed by atoms with E-state index in [1.807, 2.05) is 12.1 Å². The lowest BCUT2D eigenvalue weighted by atomic mass is 9.89. The Morgan fingerprint density at radius 2 is 2.15 bits per heavy atom. The highest BCUT2D eigenvalue weighted by Crippen LogP contribution is 2.39. The van der Waals surface area contributed by atoms with Crippen LogP contribution in [0.1, 0.15) is 36.8 Å². The van der Waals surface area contributed by atoms with Crippen LogP contribution in [0.3, 0.4) is 0 Å². The number of hydrogen-bond acceptors (Lipinski definition) is 3. The molecule has 20 heavy (non-hydrogen) atoms. The zero-order chi connectivity index (χ0) is 14.2. The summed E-state index contributed by atoms with van der Waals surface area (Å²) in [7, 11) is 1.70. The smallest absolute Gasteiger partial charge is 0.126 e. The summed E-state index contributed by atoms with van der Waals surface area (Å²) in [6.07, 6.45) is 5.01. The van der Waals surface area contributed by atoms with E-state index in [1.54, 1.807) is 7.11 Å². The number of hydrogen-bond donors (Lipinski definition) is 1. The van der Waals surface area contributed by atoms with E-state index in [0.717, 1.165) is 49.0 Å².